The Morgan fingerprint density at radius 3 is 2.71 bits per heavy atom. The molecule has 0 aromatic carbocycles. The van der Waals surface area contributed by atoms with E-state index in [1.165, 1.54) is 6.33 Å². The molecular formula is C19H17ClN6OS. The molecule has 142 valence electrons. The van der Waals surface area contributed by atoms with E-state index in [1.807, 2.05) is 24.8 Å². The van der Waals surface area contributed by atoms with Crippen molar-refractivity contribution in [1.29, 1.82) is 0 Å². The molecule has 0 spiro atoms. The molecule has 1 aliphatic heterocycles. The maximum Gasteiger partial charge on any atom is 0.259 e. The van der Waals surface area contributed by atoms with Crippen molar-refractivity contribution >= 4 is 46.6 Å². The maximum atomic E-state index is 12.9. The molecule has 4 heterocycles. The Kier molecular flexibility index (Phi) is 5.15. The number of rotatable bonds is 4. The monoisotopic (exact) mass is 412 g/mol. The van der Waals surface area contributed by atoms with E-state index in [4.69, 9.17) is 11.6 Å². The number of thioether (sulfide) groups is 1. The van der Waals surface area contributed by atoms with Gasteiger partial charge in [0.15, 0.2) is 5.82 Å². The van der Waals surface area contributed by atoms with Crippen molar-refractivity contribution in [2.45, 2.75) is 24.5 Å². The van der Waals surface area contributed by atoms with Crippen molar-refractivity contribution in [3.05, 3.63) is 58.9 Å². The predicted octanol–water partition coefficient (Wildman–Crippen LogP) is 4.24. The van der Waals surface area contributed by atoms with Gasteiger partial charge in [-0.1, -0.05) is 11.6 Å². The number of halogens is 1. The van der Waals surface area contributed by atoms with Gasteiger partial charge in [0, 0.05) is 35.8 Å². The van der Waals surface area contributed by atoms with Crippen LogP contribution < -0.4 is 10.2 Å². The molecule has 0 unspecified atom stereocenters. The average molecular weight is 413 g/mol. The highest BCUT2D eigenvalue weighted by Crippen LogP contribution is 2.38. The Hall–Kier alpha value is -2.71. The van der Waals surface area contributed by atoms with Crippen molar-refractivity contribution in [2.24, 2.45) is 0 Å². The number of fused-ring (bicyclic) bond motifs is 2. The number of carbonyl (C=O) groups is 1. The van der Waals surface area contributed by atoms with E-state index in [9.17, 15) is 4.79 Å². The molecule has 3 aromatic rings. The number of nitrogens with zero attached hydrogens (tertiary/aromatic N) is 5. The van der Waals surface area contributed by atoms with Crippen LogP contribution in [0.1, 0.15) is 28.4 Å². The summed E-state index contributed by atoms with van der Waals surface area (Å²) >= 11 is 7.75. The van der Waals surface area contributed by atoms with Gasteiger partial charge in [0.1, 0.15) is 17.3 Å². The molecule has 7 nitrogen and oxygen atoms in total. The fraction of sp³-hybridized carbons (Fsp3) is 0.211. The van der Waals surface area contributed by atoms with Crippen molar-refractivity contribution < 1.29 is 4.79 Å². The summed E-state index contributed by atoms with van der Waals surface area (Å²) in [6, 6.07) is 3.61. The minimum atomic E-state index is -0.207. The summed E-state index contributed by atoms with van der Waals surface area (Å²) in [6.45, 7) is 4.49. The van der Waals surface area contributed by atoms with Gasteiger partial charge in [-0.25, -0.2) is 19.9 Å². The maximum absolute atomic E-state index is 12.9. The van der Waals surface area contributed by atoms with Crippen molar-refractivity contribution in [3.8, 4) is 0 Å². The van der Waals surface area contributed by atoms with Gasteiger partial charge in [-0.3, -0.25) is 4.79 Å². The molecule has 0 saturated carbocycles. The molecule has 9 heteroatoms. The van der Waals surface area contributed by atoms with Crippen LogP contribution in [0.15, 0.2) is 41.9 Å². The van der Waals surface area contributed by atoms with Crippen LogP contribution in [-0.2, 0) is 5.75 Å². The largest absolute Gasteiger partial charge is 0.318 e. The lowest BCUT2D eigenvalue weighted by atomic mass is 10.2. The van der Waals surface area contributed by atoms with Crippen LogP contribution in [0.5, 0.6) is 0 Å². The molecule has 0 aliphatic carbocycles. The molecule has 28 heavy (non-hydrogen) atoms. The van der Waals surface area contributed by atoms with Crippen LogP contribution in [0.2, 0.25) is 5.15 Å². The molecule has 0 fully saturated rings. The lowest BCUT2D eigenvalue weighted by Gasteiger charge is -2.23. The smallest absolute Gasteiger partial charge is 0.259 e. The summed E-state index contributed by atoms with van der Waals surface area (Å²) in [5.74, 6) is 1.63. The van der Waals surface area contributed by atoms with Crippen LogP contribution in [-0.4, -0.2) is 32.4 Å². The van der Waals surface area contributed by atoms with E-state index in [0.29, 0.717) is 40.3 Å². The second kappa shape index (κ2) is 7.73. The number of aryl methyl sites for hydroxylation is 1. The Morgan fingerprint density at radius 1 is 1.18 bits per heavy atom. The minimum absolute atomic E-state index is 0.207. The predicted molar refractivity (Wildman–Crippen MR) is 110 cm³/mol. The third-order valence-corrected chi connectivity index (χ3v) is 5.56. The van der Waals surface area contributed by atoms with Crippen LogP contribution in [0.4, 0.5) is 17.3 Å². The zero-order valence-electron chi connectivity index (χ0n) is 15.3. The Bertz CT molecular complexity index is 1050. The van der Waals surface area contributed by atoms with Crippen molar-refractivity contribution in [1.82, 2.24) is 19.9 Å². The summed E-state index contributed by atoms with van der Waals surface area (Å²) in [4.78, 5) is 32.8. The SMILES string of the molecule is CCN1c2ncc(CSc3cncnc3)cc2C(=O)Nc2c(C)cc(Cl)nc21. The van der Waals surface area contributed by atoms with Crippen LogP contribution in [0.25, 0.3) is 0 Å². The van der Waals surface area contributed by atoms with Gasteiger partial charge in [0.25, 0.3) is 5.91 Å². The Morgan fingerprint density at radius 2 is 1.96 bits per heavy atom. The molecular weight excluding hydrogens is 396 g/mol. The standard InChI is InChI=1S/C19H17ClN6OS/c1-3-26-17-14(19(27)25-16-11(2)4-15(20)24-18(16)26)5-12(6-23-17)9-28-13-7-21-10-22-8-13/h4-8,10H,3,9H2,1-2H3,(H,25,27). The Labute approximate surface area is 171 Å². The molecule has 3 aromatic heterocycles. The highest BCUT2D eigenvalue weighted by molar-refractivity contribution is 7.98. The van der Waals surface area contributed by atoms with Gasteiger partial charge in [0.2, 0.25) is 0 Å². The van der Waals surface area contributed by atoms with Gasteiger partial charge in [-0.05, 0) is 37.1 Å². The Balaban J connectivity index is 1.71. The zero-order valence-corrected chi connectivity index (χ0v) is 16.9. The number of aromatic nitrogens is 4. The summed E-state index contributed by atoms with van der Waals surface area (Å²) < 4.78 is 0. The van der Waals surface area contributed by atoms with Crippen LogP contribution in [0.3, 0.4) is 0 Å². The number of pyridine rings is 2. The first-order valence-electron chi connectivity index (χ1n) is 8.69. The van der Waals surface area contributed by atoms with E-state index in [1.54, 1.807) is 36.4 Å². The van der Waals surface area contributed by atoms with Gasteiger partial charge in [0.05, 0.1) is 11.3 Å². The molecule has 0 radical (unpaired) electrons. The number of hydrogen-bond donors (Lipinski definition) is 1. The van der Waals surface area contributed by atoms with Crippen LogP contribution in [0, 0.1) is 6.92 Å². The van der Waals surface area contributed by atoms with Crippen molar-refractivity contribution in [2.75, 3.05) is 16.8 Å². The third kappa shape index (κ3) is 3.53. The third-order valence-electron chi connectivity index (χ3n) is 4.34. The zero-order chi connectivity index (χ0) is 19.7. The number of anilines is 3. The number of hydrogen-bond acceptors (Lipinski definition) is 7. The first-order valence-corrected chi connectivity index (χ1v) is 10.1. The average Bonchev–Trinajstić information content (AvgIpc) is 2.81. The fourth-order valence-corrected chi connectivity index (χ4v) is 4.04. The van der Waals surface area contributed by atoms with Gasteiger partial charge in [-0.15, -0.1) is 11.8 Å². The van der Waals surface area contributed by atoms with Crippen molar-refractivity contribution in [3.63, 3.8) is 0 Å². The number of nitrogens with one attached hydrogen (secondary N) is 1. The van der Waals surface area contributed by atoms with Crippen LogP contribution >= 0.6 is 23.4 Å². The second-order valence-corrected chi connectivity index (χ2v) is 7.67. The van der Waals surface area contributed by atoms with Gasteiger partial charge >= 0.3 is 0 Å². The molecule has 0 atom stereocenters. The number of amides is 1. The molecule has 1 amide bonds. The normalized spacial score (nSPS) is 12.8. The van der Waals surface area contributed by atoms with E-state index in [0.717, 1.165) is 16.0 Å². The second-order valence-electron chi connectivity index (χ2n) is 6.24. The highest BCUT2D eigenvalue weighted by atomic mass is 35.5. The minimum Gasteiger partial charge on any atom is -0.318 e. The summed E-state index contributed by atoms with van der Waals surface area (Å²) in [6.07, 6.45) is 6.80. The molecule has 1 aliphatic rings. The van der Waals surface area contributed by atoms with Gasteiger partial charge < -0.3 is 10.2 Å². The quantitative estimate of drug-likeness (QED) is 0.506. The lowest BCUT2D eigenvalue weighted by molar-refractivity contribution is 0.102. The summed E-state index contributed by atoms with van der Waals surface area (Å²) in [5.41, 5.74) is 2.96. The molecule has 0 saturated heterocycles. The van der Waals surface area contributed by atoms with E-state index in [-0.39, 0.29) is 5.91 Å². The summed E-state index contributed by atoms with van der Waals surface area (Å²) in [5, 5.41) is 3.35. The lowest BCUT2D eigenvalue weighted by Crippen LogP contribution is -2.20. The van der Waals surface area contributed by atoms with E-state index < -0.39 is 0 Å². The fourth-order valence-electron chi connectivity index (χ4n) is 3.04. The van der Waals surface area contributed by atoms with E-state index >= 15 is 0 Å². The number of carbonyl (C=O) groups excluding carboxylic acids is 1. The topological polar surface area (TPSA) is 83.9 Å². The van der Waals surface area contributed by atoms with Gasteiger partial charge in [-0.2, -0.15) is 0 Å². The molecule has 4 rings (SSSR count). The first-order chi connectivity index (χ1) is 13.6. The first kappa shape index (κ1) is 18.6. The summed E-state index contributed by atoms with van der Waals surface area (Å²) in [7, 11) is 0. The van der Waals surface area contributed by atoms with E-state index in [2.05, 4.69) is 25.3 Å². The molecule has 1 N–H and O–H groups in total. The molecule has 0 bridgehead atoms. The highest BCUT2D eigenvalue weighted by Gasteiger charge is 2.28.